The number of fused-ring (bicyclic) bond motifs is 1. The molecule has 1 aliphatic heterocycles. The van der Waals surface area contributed by atoms with Crippen LogP contribution < -0.4 is 9.64 Å². The van der Waals surface area contributed by atoms with Crippen molar-refractivity contribution in [2.24, 2.45) is 0 Å². The molecule has 1 atom stereocenters. The minimum absolute atomic E-state index is 0.0729. The van der Waals surface area contributed by atoms with Crippen LogP contribution in [0.2, 0.25) is 0 Å². The summed E-state index contributed by atoms with van der Waals surface area (Å²) in [6, 6.07) is 7.19. The van der Waals surface area contributed by atoms with Gasteiger partial charge in [0, 0.05) is 6.54 Å². The normalized spacial score (nSPS) is 18.2. The number of carboxylic acids is 1. The molecule has 0 aromatic heterocycles. The highest BCUT2D eigenvalue weighted by molar-refractivity contribution is 6.00. The molecular formula is C13H15NO4. The topological polar surface area (TPSA) is 66.8 Å². The summed E-state index contributed by atoms with van der Waals surface area (Å²) in [4.78, 5) is 24.3. The molecule has 0 saturated carbocycles. The summed E-state index contributed by atoms with van der Waals surface area (Å²) in [5.41, 5.74) is 0.647. The van der Waals surface area contributed by atoms with Gasteiger partial charge in [-0.25, -0.2) is 0 Å². The lowest BCUT2D eigenvalue weighted by Gasteiger charge is -2.33. The van der Waals surface area contributed by atoms with E-state index in [1.54, 1.807) is 18.2 Å². The van der Waals surface area contributed by atoms with Crippen LogP contribution >= 0.6 is 0 Å². The van der Waals surface area contributed by atoms with E-state index in [9.17, 15) is 9.59 Å². The molecule has 96 valence electrons. The van der Waals surface area contributed by atoms with Crippen molar-refractivity contribution < 1.29 is 19.4 Å². The van der Waals surface area contributed by atoms with Gasteiger partial charge in [-0.1, -0.05) is 19.1 Å². The SMILES string of the molecule is CC[C@H]1Oc2ccccc2N(CCC(=O)O)C1=O. The van der Waals surface area contributed by atoms with E-state index in [2.05, 4.69) is 0 Å². The molecule has 1 N–H and O–H groups in total. The molecule has 18 heavy (non-hydrogen) atoms. The van der Waals surface area contributed by atoms with Crippen LogP contribution in [0.3, 0.4) is 0 Å². The van der Waals surface area contributed by atoms with Gasteiger partial charge in [0.1, 0.15) is 5.75 Å². The molecule has 1 amide bonds. The molecule has 0 fully saturated rings. The van der Waals surface area contributed by atoms with Crippen LogP contribution in [-0.2, 0) is 9.59 Å². The summed E-state index contributed by atoms with van der Waals surface area (Å²) < 4.78 is 5.59. The summed E-state index contributed by atoms with van der Waals surface area (Å²) >= 11 is 0. The first-order valence-electron chi connectivity index (χ1n) is 5.92. The molecule has 1 aromatic rings. The Bertz CT molecular complexity index is 472. The van der Waals surface area contributed by atoms with Gasteiger partial charge in [0.25, 0.3) is 5.91 Å². The van der Waals surface area contributed by atoms with Gasteiger partial charge >= 0.3 is 5.97 Å². The van der Waals surface area contributed by atoms with E-state index in [0.29, 0.717) is 17.9 Å². The molecule has 5 heteroatoms. The number of carboxylic acid groups (broad SMARTS) is 1. The Balaban J connectivity index is 2.29. The second kappa shape index (κ2) is 5.08. The van der Waals surface area contributed by atoms with Crippen molar-refractivity contribution in [3.05, 3.63) is 24.3 Å². The molecule has 0 aliphatic carbocycles. The van der Waals surface area contributed by atoms with E-state index in [0.717, 1.165) is 0 Å². The molecule has 0 bridgehead atoms. The van der Waals surface area contributed by atoms with Crippen molar-refractivity contribution in [2.45, 2.75) is 25.9 Å². The third kappa shape index (κ3) is 2.30. The zero-order chi connectivity index (χ0) is 13.1. The van der Waals surface area contributed by atoms with E-state index in [1.807, 2.05) is 13.0 Å². The minimum atomic E-state index is -0.917. The van der Waals surface area contributed by atoms with Gasteiger partial charge in [-0.3, -0.25) is 9.59 Å². The molecule has 0 unspecified atom stereocenters. The van der Waals surface area contributed by atoms with Gasteiger partial charge < -0.3 is 14.7 Å². The van der Waals surface area contributed by atoms with Crippen LogP contribution in [0, 0.1) is 0 Å². The van der Waals surface area contributed by atoms with Crippen LogP contribution in [0.4, 0.5) is 5.69 Å². The van der Waals surface area contributed by atoms with Crippen molar-refractivity contribution in [3.8, 4) is 5.75 Å². The molecule has 5 nitrogen and oxygen atoms in total. The Kier molecular flexibility index (Phi) is 3.50. The highest BCUT2D eigenvalue weighted by Crippen LogP contribution is 2.34. The van der Waals surface area contributed by atoms with Crippen molar-refractivity contribution >= 4 is 17.6 Å². The summed E-state index contributed by atoms with van der Waals surface area (Å²) in [6.45, 7) is 2.04. The monoisotopic (exact) mass is 249 g/mol. The van der Waals surface area contributed by atoms with Crippen molar-refractivity contribution in [1.29, 1.82) is 0 Å². The number of aliphatic carboxylic acids is 1. The van der Waals surface area contributed by atoms with E-state index < -0.39 is 12.1 Å². The maximum absolute atomic E-state index is 12.1. The second-order valence-electron chi connectivity index (χ2n) is 4.12. The van der Waals surface area contributed by atoms with E-state index in [-0.39, 0.29) is 18.9 Å². The number of anilines is 1. The highest BCUT2D eigenvalue weighted by Gasteiger charge is 2.32. The number of carbonyl (C=O) groups excluding carboxylic acids is 1. The predicted molar refractivity (Wildman–Crippen MR) is 65.8 cm³/mol. The van der Waals surface area contributed by atoms with Crippen LogP contribution in [0.25, 0.3) is 0 Å². The lowest BCUT2D eigenvalue weighted by Crippen LogP contribution is -2.46. The fraction of sp³-hybridized carbons (Fsp3) is 0.385. The number of carbonyl (C=O) groups is 2. The molecule has 2 rings (SSSR count). The van der Waals surface area contributed by atoms with Crippen LogP contribution in [0.5, 0.6) is 5.75 Å². The molecule has 0 radical (unpaired) electrons. The quantitative estimate of drug-likeness (QED) is 0.881. The molecular weight excluding hydrogens is 234 g/mol. The molecule has 1 heterocycles. The number of hydrogen-bond donors (Lipinski definition) is 1. The van der Waals surface area contributed by atoms with Crippen molar-refractivity contribution in [3.63, 3.8) is 0 Å². The molecule has 0 spiro atoms. The number of para-hydroxylation sites is 2. The van der Waals surface area contributed by atoms with Gasteiger partial charge in [-0.05, 0) is 18.6 Å². The number of amides is 1. The Labute approximate surface area is 105 Å². The van der Waals surface area contributed by atoms with Crippen LogP contribution in [0.1, 0.15) is 19.8 Å². The first-order chi connectivity index (χ1) is 8.63. The molecule has 1 aliphatic rings. The Morgan fingerprint density at radius 1 is 1.44 bits per heavy atom. The van der Waals surface area contributed by atoms with E-state index in [1.165, 1.54) is 4.90 Å². The average Bonchev–Trinajstić information content (AvgIpc) is 2.36. The maximum Gasteiger partial charge on any atom is 0.305 e. The van der Waals surface area contributed by atoms with Gasteiger partial charge in [0.15, 0.2) is 6.10 Å². The first-order valence-corrected chi connectivity index (χ1v) is 5.92. The lowest BCUT2D eigenvalue weighted by atomic mass is 10.1. The van der Waals surface area contributed by atoms with Gasteiger partial charge in [-0.15, -0.1) is 0 Å². The maximum atomic E-state index is 12.1. The Morgan fingerprint density at radius 3 is 2.83 bits per heavy atom. The Morgan fingerprint density at radius 2 is 2.17 bits per heavy atom. The summed E-state index contributed by atoms with van der Waals surface area (Å²) in [7, 11) is 0. The van der Waals surface area contributed by atoms with Crippen LogP contribution in [-0.4, -0.2) is 29.6 Å². The molecule has 0 saturated heterocycles. The highest BCUT2D eigenvalue weighted by atomic mass is 16.5. The third-order valence-electron chi connectivity index (χ3n) is 2.89. The minimum Gasteiger partial charge on any atom is -0.481 e. The number of ether oxygens (including phenoxy) is 1. The first kappa shape index (κ1) is 12.4. The zero-order valence-electron chi connectivity index (χ0n) is 10.1. The number of nitrogens with zero attached hydrogens (tertiary/aromatic N) is 1. The number of rotatable bonds is 4. The summed E-state index contributed by atoms with van der Waals surface area (Å²) in [5, 5.41) is 8.73. The average molecular weight is 249 g/mol. The van der Waals surface area contributed by atoms with E-state index >= 15 is 0 Å². The van der Waals surface area contributed by atoms with Crippen molar-refractivity contribution in [2.75, 3.05) is 11.4 Å². The fourth-order valence-corrected chi connectivity index (χ4v) is 1.97. The van der Waals surface area contributed by atoms with Gasteiger partial charge in [-0.2, -0.15) is 0 Å². The summed E-state index contributed by atoms with van der Waals surface area (Å²) in [6.07, 6.45) is -0.0264. The second-order valence-corrected chi connectivity index (χ2v) is 4.12. The largest absolute Gasteiger partial charge is 0.481 e. The molecule has 1 aromatic carbocycles. The zero-order valence-corrected chi connectivity index (χ0v) is 10.1. The van der Waals surface area contributed by atoms with E-state index in [4.69, 9.17) is 9.84 Å². The van der Waals surface area contributed by atoms with Crippen LogP contribution in [0.15, 0.2) is 24.3 Å². The van der Waals surface area contributed by atoms with Gasteiger partial charge in [0.2, 0.25) is 0 Å². The van der Waals surface area contributed by atoms with Crippen molar-refractivity contribution in [1.82, 2.24) is 0 Å². The fourth-order valence-electron chi connectivity index (χ4n) is 1.97. The standard InChI is InChI=1S/C13H15NO4/c1-2-10-13(17)14(8-7-12(15)16)9-5-3-4-6-11(9)18-10/h3-6,10H,2,7-8H2,1H3,(H,15,16)/t10-/m1/s1. The number of hydrogen-bond acceptors (Lipinski definition) is 3. The predicted octanol–water partition coefficient (Wildman–Crippen LogP) is 1.67. The summed E-state index contributed by atoms with van der Waals surface area (Å²) in [5.74, 6) is -0.452. The third-order valence-corrected chi connectivity index (χ3v) is 2.89. The Hall–Kier alpha value is -2.04. The lowest BCUT2D eigenvalue weighted by molar-refractivity contribution is -0.136. The smallest absolute Gasteiger partial charge is 0.305 e. The number of benzene rings is 1. The van der Waals surface area contributed by atoms with Gasteiger partial charge in [0.05, 0.1) is 12.1 Å².